The normalized spacial score (nSPS) is 13.4. The Morgan fingerprint density at radius 2 is 1.76 bits per heavy atom. The molecule has 2 N–H and O–H groups in total. The predicted molar refractivity (Wildman–Crippen MR) is 138 cm³/mol. The van der Waals surface area contributed by atoms with E-state index in [4.69, 9.17) is 32.4 Å². The number of nitrogens with zero attached hydrogens (tertiary/aromatic N) is 1. The van der Waals surface area contributed by atoms with E-state index in [1.807, 2.05) is 0 Å². The van der Waals surface area contributed by atoms with Crippen LogP contribution in [0.1, 0.15) is 35.9 Å². The quantitative estimate of drug-likeness (QED) is 0.286. The molecule has 8 nitrogen and oxygen atoms in total. The first-order chi connectivity index (χ1) is 17.5. The van der Waals surface area contributed by atoms with Gasteiger partial charge in [-0.3, -0.25) is 0 Å². The van der Waals surface area contributed by atoms with Gasteiger partial charge in [0, 0.05) is 22.0 Å². The zero-order valence-electron chi connectivity index (χ0n) is 19.9. The summed E-state index contributed by atoms with van der Waals surface area (Å²) < 4.78 is 55.0. The van der Waals surface area contributed by atoms with Crippen LogP contribution in [0.3, 0.4) is 0 Å². The van der Waals surface area contributed by atoms with Crippen molar-refractivity contribution >= 4 is 33.2 Å². The Labute approximate surface area is 222 Å². The van der Waals surface area contributed by atoms with Gasteiger partial charge in [-0.15, -0.1) is 5.10 Å². The van der Waals surface area contributed by atoms with Crippen molar-refractivity contribution in [3.05, 3.63) is 98.0 Å². The molecule has 0 saturated heterocycles. The average molecular weight is 566 g/mol. The number of halogens is 3. The molecular formula is C25H22Cl2FN3O5S. The minimum Gasteiger partial charge on any atom is -0.495 e. The maximum Gasteiger partial charge on any atom is 0.434 e. The van der Waals surface area contributed by atoms with Crippen LogP contribution in [0.15, 0.2) is 68.7 Å². The van der Waals surface area contributed by atoms with E-state index in [2.05, 4.69) is 14.9 Å². The Kier molecular flexibility index (Phi) is 7.75. The van der Waals surface area contributed by atoms with Gasteiger partial charge in [0.2, 0.25) is 15.9 Å². The predicted octanol–water partition coefficient (Wildman–Crippen LogP) is 5.62. The lowest BCUT2D eigenvalue weighted by molar-refractivity contribution is 0.374. The van der Waals surface area contributed by atoms with E-state index >= 15 is 4.39 Å². The minimum absolute atomic E-state index is 0.00183. The Bertz CT molecular complexity index is 1600. The molecule has 0 unspecified atom stereocenters. The Morgan fingerprint density at radius 3 is 2.38 bits per heavy atom. The SMILES string of the molecule is COc1cc(Cl)ccc1S(=O)(=O)N[C@H](c1n[nH]c(=O)o1)[C@H](C)c1c(F)ccc(-c2ccc(Cl)cc2)c1C. The van der Waals surface area contributed by atoms with Crippen LogP contribution in [-0.2, 0) is 10.0 Å². The second-order valence-corrected chi connectivity index (χ2v) is 10.8. The molecule has 0 spiro atoms. The van der Waals surface area contributed by atoms with Crippen LogP contribution in [-0.4, -0.2) is 25.7 Å². The second-order valence-electron chi connectivity index (χ2n) is 8.27. The van der Waals surface area contributed by atoms with E-state index in [0.717, 1.165) is 11.1 Å². The van der Waals surface area contributed by atoms with Crippen LogP contribution in [0.25, 0.3) is 11.1 Å². The van der Waals surface area contributed by atoms with E-state index in [1.165, 1.54) is 31.4 Å². The van der Waals surface area contributed by atoms with Gasteiger partial charge in [0.15, 0.2) is 0 Å². The third-order valence-corrected chi connectivity index (χ3v) is 7.96. The van der Waals surface area contributed by atoms with Gasteiger partial charge in [0.25, 0.3) is 0 Å². The maximum atomic E-state index is 15.3. The van der Waals surface area contributed by atoms with E-state index in [1.54, 1.807) is 44.2 Å². The molecule has 0 aliphatic heterocycles. The van der Waals surface area contributed by atoms with E-state index in [9.17, 15) is 13.2 Å². The summed E-state index contributed by atoms with van der Waals surface area (Å²) in [6.07, 6.45) is 0. The topological polar surface area (TPSA) is 114 Å². The number of rotatable bonds is 8. The van der Waals surface area contributed by atoms with Crippen molar-refractivity contribution in [2.45, 2.75) is 30.7 Å². The molecule has 0 amide bonds. The number of hydrogen-bond donors (Lipinski definition) is 2. The Balaban J connectivity index is 1.82. The smallest absolute Gasteiger partial charge is 0.434 e. The van der Waals surface area contributed by atoms with Gasteiger partial charge >= 0.3 is 5.76 Å². The van der Waals surface area contributed by atoms with Crippen molar-refractivity contribution in [2.75, 3.05) is 7.11 Å². The van der Waals surface area contributed by atoms with E-state index in [0.29, 0.717) is 10.6 Å². The Morgan fingerprint density at radius 1 is 1.08 bits per heavy atom. The lowest BCUT2D eigenvalue weighted by atomic mass is 9.86. The average Bonchev–Trinajstić information content (AvgIpc) is 3.29. The molecule has 1 aromatic heterocycles. The molecule has 4 aromatic rings. The van der Waals surface area contributed by atoms with Gasteiger partial charge in [-0.1, -0.05) is 48.3 Å². The maximum absolute atomic E-state index is 15.3. The highest BCUT2D eigenvalue weighted by atomic mass is 35.5. The molecule has 194 valence electrons. The summed E-state index contributed by atoms with van der Waals surface area (Å²) in [5.41, 5.74) is 2.31. The molecule has 12 heteroatoms. The second kappa shape index (κ2) is 10.7. The highest BCUT2D eigenvalue weighted by Crippen LogP contribution is 2.39. The lowest BCUT2D eigenvalue weighted by Gasteiger charge is -2.25. The van der Waals surface area contributed by atoms with Crippen molar-refractivity contribution in [3.8, 4) is 16.9 Å². The van der Waals surface area contributed by atoms with Crippen molar-refractivity contribution in [3.63, 3.8) is 0 Å². The summed E-state index contributed by atoms with van der Waals surface area (Å²) in [6.45, 7) is 3.34. The molecule has 0 bridgehead atoms. The molecule has 3 aromatic carbocycles. The minimum atomic E-state index is -4.29. The van der Waals surface area contributed by atoms with Crippen molar-refractivity contribution in [1.29, 1.82) is 0 Å². The lowest BCUT2D eigenvalue weighted by Crippen LogP contribution is -2.33. The fourth-order valence-electron chi connectivity index (χ4n) is 4.20. The molecule has 0 fully saturated rings. The number of aromatic amines is 1. The number of aromatic nitrogens is 2. The fraction of sp³-hybridized carbons (Fsp3) is 0.200. The van der Waals surface area contributed by atoms with Crippen LogP contribution in [0, 0.1) is 12.7 Å². The number of methoxy groups -OCH3 is 1. The largest absolute Gasteiger partial charge is 0.495 e. The molecule has 0 aliphatic rings. The fourth-order valence-corrected chi connectivity index (χ4v) is 5.91. The number of benzene rings is 3. The van der Waals surface area contributed by atoms with Crippen LogP contribution < -0.4 is 15.2 Å². The summed E-state index contributed by atoms with van der Waals surface area (Å²) in [4.78, 5) is 11.5. The Hall–Kier alpha value is -3.18. The van der Waals surface area contributed by atoms with Gasteiger partial charge in [-0.2, -0.15) is 4.72 Å². The molecule has 0 saturated carbocycles. The number of nitrogens with one attached hydrogen (secondary N) is 2. The van der Waals surface area contributed by atoms with Gasteiger partial charge in [-0.25, -0.2) is 22.7 Å². The van der Waals surface area contributed by atoms with E-state index < -0.39 is 33.6 Å². The number of ether oxygens (including phenoxy) is 1. The number of H-pyrrole nitrogens is 1. The van der Waals surface area contributed by atoms with Crippen LogP contribution >= 0.6 is 23.2 Å². The van der Waals surface area contributed by atoms with Gasteiger partial charge in [0.1, 0.15) is 22.5 Å². The molecule has 2 atom stereocenters. The molecule has 1 heterocycles. The molecule has 37 heavy (non-hydrogen) atoms. The molecule has 4 rings (SSSR count). The molecule has 0 aliphatic carbocycles. The van der Waals surface area contributed by atoms with Crippen molar-refractivity contribution in [2.24, 2.45) is 0 Å². The van der Waals surface area contributed by atoms with Gasteiger partial charge in [-0.05, 0) is 59.5 Å². The molecule has 0 radical (unpaired) electrons. The first-order valence-corrected chi connectivity index (χ1v) is 13.2. The molecular weight excluding hydrogens is 544 g/mol. The van der Waals surface area contributed by atoms with Gasteiger partial charge in [0.05, 0.1) is 7.11 Å². The summed E-state index contributed by atoms with van der Waals surface area (Å²) in [5, 5.41) is 6.78. The first kappa shape index (κ1) is 26.9. The zero-order chi connectivity index (χ0) is 26.9. The summed E-state index contributed by atoms with van der Waals surface area (Å²) in [6, 6.07) is 12.7. The third-order valence-electron chi connectivity index (χ3n) is 5.99. The van der Waals surface area contributed by atoms with Gasteiger partial charge < -0.3 is 9.15 Å². The van der Waals surface area contributed by atoms with Crippen LogP contribution in [0.5, 0.6) is 5.75 Å². The summed E-state index contributed by atoms with van der Waals surface area (Å²) in [7, 11) is -2.99. The number of hydrogen-bond acceptors (Lipinski definition) is 6. The zero-order valence-corrected chi connectivity index (χ0v) is 22.2. The van der Waals surface area contributed by atoms with Crippen LogP contribution in [0.2, 0.25) is 10.0 Å². The highest BCUT2D eigenvalue weighted by Gasteiger charge is 2.34. The standard InChI is InChI=1S/C25H22Cl2FN3O5S/c1-13-18(15-4-6-16(26)7-5-15)9-10-19(28)22(13)14(2)23(24-29-30-25(32)36-24)31-37(33,34)21-11-8-17(27)12-20(21)35-3/h4-12,14,23,31H,1-3H3,(H,30,32)/t14-,23+/m1/s1. The highest BCUT2D eigenvalue weighted by molar-refractivity contribution is 7.89. The third kappa shape index (κ3) is 5.57. The first-order valence-electron chi connectivity index (χ1n) is 11.0. The van der Waals surface area contributed by atoms with E-state index in [-0.39, 0.29) is 27.1 Å². The summed E-state index contributed by atoms with van der Waals surface area (Å²) >= 11 is 12.0. The number of sulfonamides is 1. The van der Waals surface area contributed by atoms with Crippen molar-refractivity contribution < 1.29 is 22.0 Å². The van der Waals surface area contributed by atoms with Crippen LogP contribution in [0.4, 0.5) is 4.39 Å². The summed E-state index contributed by atoms with van der Waals surface area (Å²) in [5.74, 6) is -2.57. The monoisotopic (exact) mass is 565 g/mol. The van der Waals surface area contributed by atoms with Crippen molar-refractivity contribution in [1.82, 2.24) is 14.9 Å².